The van der Waals surface area contributed by atoms with Crippen molar-refractivity contribution in [3.8, 4) is 11.1 Å². The van der Waals surface area contributed by atoms with Gasteiger partial charge in [0.15, 0.2) is 0 Å². The van der Waals surface area contributed by atoms with E-state index >= 15 is 0 Å². The second kappa shape index (κ2) is 14.0. The zero-order chi connectivity index (χ0) is 28.5. The lowest BCUT2D eigenvalue weighted by molar-refractivity contribution is -0.116. The van der Waals surface area contributed by atoms with Gasteiger partial charge in [-0.05, 0) is 49.6 Å². The lowest BCUT2D eigenvalue weighted by atomic mass is 10.0. The Labute approximate surface area is 243 Å². The van der Waals surface area contributed by atoms with Crippen molar-refractivity contribution in [1.29, 1.82) is 0 Å². The third kappa shape index (κ3) is 7.61. The van der Waals surface area contributed by atoms with Gasteiger partial charge in [-0.25, -0.2) is 4.79 Å². The van der Waals surface area contributed by atoms with Crippen LogP contribution < -0.4 is 10.6 Å². The van der Waals surface area contributed by atoms with Crippen molar-refractivity contribution in [1.82, 2.24) is 0 Å². The summed E-state index contributed by atoms with van der Waals surface area (Å²) in [7, 11) is 0. The Bertz CT molecular complexity index is 1470. The Balaban J connectivity index is 1.47. The second-order valence-electron chi connectivity index (χ2n) is 9.18. The van der Waals surface area contributed by atoms with Crippen molar-refractivity contribution in [2.45, 2.75) is 43.8 Å². The highest BCUT2D eigenvalue weighted by atomic mass is 32.2. The summed E-state index contributed by atoms with van der Waals surface area (Å²) in [6.07, 6.45) is 0.860. The summed E-state index contributed by atoms with van der Waals surface area (Å²) >= 11 is 2.73. The van der Waals surface area contributed by atoms with Crippen LogP contribution in [0.3, 0.4) is 0 Å². The molecule has 1 aromatic heterocycles. The van der Waals surface area contributed by atoms with Gasteiger partial charge in [0.25, 0.3) is 0 Å². The molecule has 0 saturated heterocycles. The number of aryl methyl sites for hydroxylation is 1. The topological polar surface area (TPSA) is 84.5 Å². The first-order chi connectivity index (χ1) is 19.4. The lowest BCUT2D eigenvalue weighted by Crippen LogP contribution is -2.25. The molecule has 0 aliphatic heterocycles. The number of thioether (sulfide) groups is 1. The Morgan fingerprint density at radius 1 is 0.925 bits per heavy atom. The number of esters is 1. The molecule has 0 spiro atoms. The van der Waals surface area contributed by atoms with E-state index in [0.717, 1.165) is 27.1 Å². The van der Waals surface area contributed by atoms with Gasteiger partial charge in [0.05, 0.1) is 18.3 Å². The van der Waals surface area contributed by atoms with Crippen molar-refractivity contribution in [3.63, 3.8) is 0 Å². The van der Waals surface area contributed by atoms with Crippen LogP contribution >= 0.6 is 23.1 Å². The molecule has 0 bridgehead atoms. The fourth-order valence-corrected chi connectivity index (χ4v) is 6.09. The molecule has 4 rings (SSSR count). The van der Waals surface area contributed by atoms with Crippen LogP contribution in [0.1, 0.15) is 41.8 Å². The van der Waals surface area contributed by atoms with Crippen LogP contribution in [0.15, 0.2) is 89.1 Å². The molecule has 0 fully saturated rings. The Hall–Kier alpha value is -3.88. The smallest absolute Gasteiger partial charge is 0.341 e. The van der Waals surface area contributed by atoms with E-state index in [4.69, 9.17) is 4.74 Å². The number of hydrogen-bond donors (Lipinski definition) is 2. The number of anilines is 2. The van der Waals surface area contributed by atoms with Crippen LogP contribution in [0.5, 0.6) is 0 Å². The lowest BCUT2D eigenvalue weighted by Gasteiger charge is -2.16. The molecule has 0 aliphatic carbocycles. The number of benzene rings is 3. The van der Waals surface area contributed by atoms with Gasteiger partial charge in [-0.3, -0.25) is 9.59 Å². The van der Waals surface area contributed by atoms with E-state index in [0.29, 0.717) is 22.7 Å². The molecule has 1 atom stereocenters. The molecular formula is C32H32N2O4S2. The molecule has 1 heterocycles. The molecule has 2 N–H and O–H groups in total. The van der Waals surface area contributed by atoms with E-state index in [1.165, 1.54) is 23.1 Å². The summed E-state index contributed by atoms with van der Waals surface area (Å²) in [6.45, 7) is 5.95. The fourth-order valence-electron chi connectivity index (χ4n) is 4.11. The predicted octanol–water partition coefficient (Wildman–Crippen LogP) is 7.59. The van der Waals surface area contributed by atoms with Crippen LogP contribution in [0.25, 0.3) is 11.1 Å². The molecular weight excluding hydrogens is 540 g/mol. The van der Waals surface area contributed by atoms with E-state index in [1.807, 2.05) is 98.1 Å². The zero-order valence-electron chi connectivity index (χ0n) is 22.7. The summed E-state index contributed by atoms with van der Waals surface area (Å²) in [6, 6.07) is 24.9. The van der Waals surface area contributed by atoms with Gasteiger partial charge in [0, 0.05) is 21.5 Å². The van der Waals surface area contributed by atoms with Crippen LogP contribution in [-0.2, 0) is 20.7 Å². The van der Waals surface area contributed by atoms with E-state index in [2.05, 4.69) is 10.6 Å². The maximum Gasteiger partial charge on any atom is 0.341 e. The Morgan fingerprint density at radius 2 is 1.68 bits per heavy atom. The van der Waals surface area contributed by atoms with Crippen molar-refractivity contribution >= 4 is 51.6 Å². The average Bonchev–Trinajstić information content (AvgIpc) is 3.36. The number of hydrogen-bond acceptors (Lipinski definition) is 6. The average molecular weight is 573 g/mol. The van der Waals surface area contributed by atoms with E-state index < -0.39 is 11.2 Å². The number of nitrogens with one attached hydrogen (secondary N) is 2. The number of carbonyl (C=O) groups excluding carboxylic acids is 3. The number of rotatable bonds is 11. The van der Waals surface area contributed by atoms with E-state index in [1.54, 1.807) is 6.92 Å². The maximum atomic E-state index is 13.4. The summed E-state index contributed by atoms with van der Waals surface area (Å²) < 4.78 is 5.34. The third-order valence-corrected chi connectivity index (χ3v) is 8.39. The highest BCUT2D eigenvalue weighted by Gasteiger charge is 2.25. The predicted molar refractivity (Wildman–Crippen MR) is 164 cm³/mol. The van der Waals surface area contributed by atoms with Crippen molar-refractivity contribution in [2.24, 2.45) is 0 Å². The quantitative estimate of drug-likeness (QED) is 0.143. The number of amides is 2. The van der Waals surface area contributed by atoms with Gasteiger partial charge >= 0.3 is 5.97 Å². The standard InChI is InChI=1S/C32H32N2O4S2/c1-4-27(40-25-13-9-12-24(19-25)33-28(35)18-22-10-7-6-8-11-22)30(36)34-31-29(32(37)38-5-2)26(20-39-31)23-16-14-21(3)15-17-23/h6-17,19-20,27H,4-5,18H2,1-3H3,(H,33,35)(H,34,36). The van der Waals surface area contributed by atoms with Gasteiger partial charge in [0.1, 0.15) is 10.6 Å². The normalized spacial score (nSPS) is 11.5. The SMILES string of the molecule is CCOC(=O)c1c(-c2ccc(C)cc2)csc1NC(=O)C(CC)Sc1cccc(NC(=O)Cc2ccccc2)c1. The molecule has 3 aromatic carbocycles. The Morgan fingerprint density at radius 3 is 2.38 bits per heavy atom. The molecule has 0 radical (unpaired) electrons. The van der Waals surface area contributed by atoms with Gasteiger partial charge in [-0.15, -0.1) is 23.1 Å². The van der Waals surface area contributed by atoms with Gasteiger partial charge < -0.3 is 15.4 Å². The highest BCUT2D eigenvalue weighted by Crippen LogP contribution is 2.37. The van der Waals surface area contributed by atoms with Gasteiger partial charge in [0.2, 0.25) is 11.8 Å². The Kier molecular flexibility index (Phi) is 10.2. The highest BCUT2D eigenvalue weighted by molar-refractivity contribution is 8.00. The molecule has 8 heteroatoms. The van der Waals surface area contributed by atoms with Gasteiger partial charge in [-0.1, -0.05) is 73.2 Å². The second-order valence-corrected chi connectivity index (χ2v) is 11.3. The van der Waals surface area contributed by atoms with E-state index in [9.17, 15) is 14.4 Å². The minimum atomic E-state index is -0.464. The maximum absolute atomic E-state index is 13.4. The molecule has 6 nitrogen and oxygen atoms in total. The largest absolute Gasteiger partial charge is 0.462 e. The monoisotopic (exact) mass is 572 g/mol. The summed E-state index contributed by atoms with van der Waals surface area (Å²) in [5.41, 5.74) is 4.72. The third-order valence-electron chi connectivity index (χ3n) is 6.14. The molecule has 2 amide bonds. The van der Waals surface area contributed by atoms with Crippen LogP contribution in [0, 0.1) is 6.92 Å². The molecule has 4 aromatic rings. The summed E-state index contributed by atoms with van der Waals surface area (Å²) in [4.78, 5) is 39.7. The molecule has 1 unspecified atom stereocenters. The minimum Gasteiger partial charge on any atom is -0.462 e. The van der Waals surface area contributed by atoms with Crippen LogP contribution in [-0.4, -0.2) is 29.6 Å². The molecule has 206 valence electrons. The van der Waals surface area contributed by atoms with Crippen molar-refractivity contribution < 1.29 is 19.1 Å². The molecule has 40 heavy (non-hydrogen) atoms. The zero-order valence-corrected chi connectivity index (χ0v) is 24.4. The van der Waals surface area contributed by atoms with Crippen molar-refractivity contribution in [3.05, 3.63) is 101 Å². The van der Waals surface area contributed by atoms with Crippen LogP contribution in [0.2, 0.25) is 0 Å². The first-order valence-electron chi connectivity index (χ1n) is 13.1. The first kappa shape index (κ1) is 29.1. The van der Waals surface area contributed by atoms with Crippen LogP contribution in [0.4, 0.5) is 10.7 Å². The number of carbonyl (C=O) groups is 3. The van der Waals surface area contributed by atoms with Crippen molar-refractivity contribution in [2.75, 3.05) is 17.2 Å². The molecule has 0 saturated carbocycles. The fraction of sp³-hybridized carbons (Fsp3) is 0.219. The first-order valence-corrected chi connectivity index (χ1v) is 14.9. The van der Waals surface area contributed by atoms with Gasteiger partial charge in [-0.2, -0.15) is 0 Å². The number of ether oxygens (including phenoxy) is 1. The number of thiophene rings is 1. The summed E-state index contributed by atoms with van der Waals surface area (Å²) in [5.74, 6) is -0.769. The summed E-state index contributed by atoms with van der Waals surface area (Å²) in [5, 5.41) is 7.87. The minimum absolute atomic E-state index is 0.105. The molecule has 0 aliphatic rings. The van der Waals surface area contributed by atoms with E-state index in [-0.39, 0.29) is 24.8 Å².